The second kappa shape index (κ2) is 5.88. The van der Waals surface area contributed by atoms with E-state index in [2.05, 4.69) is 15.3 Å². The van der Waals surface area contributed by atoms with E-state index in [0.717, 1.165) is 46.4 Å². The molecule has 0 atom stereocenters. The predicted molar refractivity (Wildman–Crippen MR) is 99.6 cm³/mol. The summed E-state index contributed by atoms with van der Waals surface area (Å²) in [5.41, 5.74) is 10.2. The lowest BCUT2D eigenvalue weighted by atomic mass is 9.93. The van der Waals surface area contributed by atoms with Gasteiger partial charge < -0.3 is 16.2 Å². The highest BCUT2D eigenvalue weighted by atomic mass is 16.3. The summed E-state index contributed by atoms with van der Waals surface area (Å²) in [6, 6.07) is 5.97. The Morgan fingerprint density at radius 2 is 2.00 bits per heavy atom. The summed E-state index contributed by atoms with van der Waals surface area (Å²) in [6.07, 6.45) is 5.00. The molecule has 2 aromatic heterocycles. The highest BCUT2D eigenvalue weighted by molar-refractivity contribution is 5.99. The maximum atomic E-state index is 10.2. The highest BCUT2D eigenvalue weighted by Crippen LogP contribution is 2.37. The number of pyridine rings is 1. The van der Waals surface area contributed by atoms with E-state index in [1.165, 1.54) is 12.7 Å². The van der Waals surface area contributed by atoms with Crippen molar-refractivity contribution in [1.82, 2.24) is 15.0 Å². The van der Waals surface area contributed by atoms with Crippen LogP contribution in [0.3, 0.4) is 0 Å². The number of aromatic nitrogens is 3. The Balaban J connectivity index is 1.98. The molecule has 1 saturated carbocycles. The number of aromatic hydroxyl groups is 1. The quantitative estimate of drug-likeness (QED) is 0.677. The van der Waals surface area contributed by atoms with Gasteiger partial charge in [0.2, 0.25) is 0 Å². The minimum atomic E-state index is 0.245. The van der Waals surface area contributed by atoms with Gasteiger partial charge in [-0.3, -0.25) is 0 Å². The molecule has 1 aliphatic rings. The van der Waals surface area contributed by atoms with Crippen LogP contribution in [-0.4, -0.2) is 26.1 Å². The van der Waals surface area contributed by atoms with Crippen LogP contribution in [0.15, 0.2) is 24.5 Å². The third kappa shape index (κ3) is 2.63. The van der Waals surface area contributed by atoms with E-state index in [4.69, 9.17) is 10.7 Å². The number of phenolic OH excluding ortho intramolecular Hbond substituents is 1. The summed E-state index contributed by atoms with van der Waals surface area (Å²) >= 11 is 0. The lowest BCUT2D eigenvalue weighted by Crippen LogP contribution is -2.27. The van der Waals surface area contributed by atoms with Gasteiger partial charge in [-0.05, 0) is 50.8 Å². The van der Waals surface area contributed by atoms with Crippen molar-refractivity contribution in [1.29, 1.82) is 0 Å². The van der Waals surface area contributed by atoms with Crippen molar-refractivity contribution in [2.45, 2.75) is 39.2 Å². The van der Waals surface area contributed by atoms with E-state index in [1.807, 2.05) is 26.0 Å². The molecule has 0 aliphatic heterocycles. The SMILES string of the molecule is Cc1ccc(O)c(C)c1-c1nc(NC2CCC2)cc2c(N)ncnc12. The van der Waals surface area contributed by atoms with Crippen LogP contribution < -0.4 is 11.1 Å². The zero-order valence-corrected chi connectivity index (χ0v) is 14.4. The minimum Gasteiger partial charge on any atom is -0.508 e. The molecule has 4 rings (SSSR count). The highest BCUT2D eigenvalue weighted by Gasteiger charge is 2.21. The minimum absolute atomic E-state index is 0.245. The number of anilines is 2. The molecule has 1 aliphatic carbocycles. The lowest BCUT2D eigenvalue weighted by Gasteiger charge is -2.27. The van der Waals surface area contributed by atoms with Gasteiger partial charge >= 0.3 is 0 Å². The number of aryl methyl sites for hydroxylation is 1. The maximum Gasteiger partial charge on any atom is 0.134 e. The van der Waals surface area contributed by atoms with Crippen LogP contribution in [0.4, 0.5) is 11.6 Å². The molecule has 25 heavy (non-hydrogen) atoms. The molecule has 6 heteroatoms. The predicted octanol–water partition coefficient (Wildman–Crippen LogP) is 3.56. The van der Waals surface area contributed by atoms with Crippen molar-refractivity contribution in [3.63, 3.8) is 0 Å². The molecule has 0 radical (unpaired) electrons. The Morgan fingerprint density at radius 1 is 1.20 bits per heavy atom. The Bertz CT molecular complexity index is 966. The average molecular weight is 335 g/mol. The monoisotopic (exact) mass is 335 g/mol. The van der Waals surface area contributed by atoms with Crippen molar-refractivity contribution in [3.05, 3.63) is 35.7 Å². The Hall–Kier alpha value is -2.89. The molecule has 2 heterocycles. The number of nitrogens with one attached hydrogen (secondary N) is 1. The Kier molecular flexibility index (Phi) is 3.67. The van der Waals surface area contributed by atoms with Crippen LogP contribution in [0.2, 0.25) is 0 Å². The largest absolute Gasteiger partial charge is 0.508 e. The van der Waals surface area contributed by atoms with Crippen LogP contribution in [0.1, 0.15) is 30.4 Å². The summed E-state index contributed by atoms with van der Waals surface area (Å²) in [7, 11) is 0. The number of nitrogens with two attached hydrogens (primary N) is 1. The van der Waals surface area contributed by atoms with E-state index < -0.39 is 0 Å². The third-order valence-corrected chi connectivity index (χ3v) is 4.99. The van der Waals surface area contributed by atoms with Gasteiger partial charge in [0.1, 0.15) is 29.2 Å². The van der Waals surface area contributed by atoms with Crippen LogP contribution in [0.5, 0.6) is 5.75 Å². The smallest absolute Gasteiger partial charge is 0.134 e. The fourth-order valence-corrected chi connectivity index (χ4v) is 3.29. The summed E-state index contributed by atoms with van der Waals surface area (Å²) in [5, 5.41) is 14.4. The van der Waals surface area contributed by atoms with Gasteiger partial charge in [-0.15, -0.1) is 0 Å². The zero-order chi connectivity index (χ0) is 17.6. The number of hydrogen-bond acceptors (Lipinski definition) is 6. The lowest BCUT2D eigenvalue weighted by molar-refractivity contribution is 0.444. The molecule has 0 amide bonds. The number of fused-ring (bicyclic) bond motifs is 1. The summed E-state index contributed by atoms with van der Waals surface area (Å²) in [5.74, 6) is 1.45. The van der Waals surface area contributed by atoms with E-state index in [0.29, 0.717) is 17.4 Å². The second-order valence-electron chi connectivity index (χ2n) is 6.68. The first-order valence-electron chi connectivity index (χ1n) is 8.52. The molecule has 0 bridgehead atoms. The van der Waals surface area contributed by atoms with Gasteiger partial charge in [-0.25, -0.2) is 15.0 Å². The fourth-order valence-electron chi connectivity index (χ4n) is 3.29. The zero-order valence-electron chi connectivity index (χ0n) is 14.4. The van der Waals surface area contributed by atoms with E-state index >= 15 is 0 Å². The van der Waals surface area contributed by atoms with Crippen molar-refractivity contribution in [3.8, 4) is 17.0 Å². The van der Waals surface area contributed by atoms with Crippen molar-refractivity contribution in [2.75, 3.05) is 11.1 Å². The van der Waals surface area contributed by atoms with E-state index in [-0.39, 0.29) is 5.75 Å². The number of nitrogen functional groups attached to an aromatic ring is 1. The van der Waals surface area contributed by atoms with Crippen molar-refractivity contribution < 1.29 is 5.11 Å². The Labute approximate surface area is 146 Å². The average Bonchev–Trinajstić information content (AvgIpc) is 2.56. The van der Waals surface area contributed by atoms with Gasteiger partial charge in [-0.1, -0.05) is 6.07 Å². The molecule has 6 nitrogen and oxygen atoms in total. The van der Waals surface area contributed by atoms with Crippen molar-refractivity contribution in [2.24, 2.45) is 0 Å². The molecular formula is C19H21N5O. The third-order valence-electron chi connectivity index (χ3n) is 4.99. The molecule has 3 aromatic rings. The van der Waals surface area contributed by atoms with Gasteiger partial charge in [0.15, 0.2) is 0 Å². The first kappa shape index (κ1) is 15.6. The van der Waals surface area contributed by atoms with Crippen molar-refractivity contribution >= 4 is 22.5 Å². The maximum absolute atomic E-state index is 10.2. The van der Waals surface area contributed by atoms with Gasteiger partial charge in [0.05, 0.1) is 5.69 Å². The van der Waals surface area contributed by atoms with Crippen LogP contribution in [0.25, 0.3) is 22.2 Å². The molecule has 128 valence electrons. The molecule has 1 aromatic carbocycles. The molecule has 0 spiro atoms. The second-order valence-corrected chi connectivity index (χ2v) is 6.68. The van der Waals surface area contributed by atoms with Crippen LogP contribution >= 0.6 is 0 Å². The van der Waals surface area contributed by atoms with E-state index in [1.54, 1.807) is 6.07 Å². The normalized spacial score (nSPS) is 14.5. The number of benzene rings is 1. The summed E-state index contributed by atoms with van der Waals surface area (Å²) in [6.45, 7) is 3.90. The van der Waals surface area contributed by atoms with Gasteiger partial charge in [0.25, 0.3) is 0 Å². The molecule has 0 saturated heterocycles. The molecular weight excluding hydrogens is 314 g/mol. The standard InChI is InChI=1S/C19H21N5O/c1-10-6-7-14(25)11(2)16(10)18-17-13(19(20)22-9-21-17)8-15(24-18)23-12-4-3-5-12/h6-9,12,25H,3-5H2,1-2H3,(H,23,24)(H2,20,21,22). The first-order valence-corrected chi connectivity index (χ1v) is 8.52. The van der Waals surface area contributed by atoms with Gasteiger partial charge in [0, 0.05) is 22.6 Å². The molecule has 1 fully saturated rings. The number of phenols is 1. The topological polar surface area (TPSA) is 97.0 Å². The van der Waals surface area contributed by atoms with Crippen LogP contribution in [-0.2, 0) is 0 Å². The molecule has 4 N–H and O–H groups in total. The van der Waals surface area contributed by atoms with E-state index in [9.17, 15) is 5.11 Å². The summed E-state index contributed by atoms with van der Waals surface area (Å²) in [4.78, 5) is 13.4. The number of rotatable bonds is 3. The molecule has 0 unspecified atom stereocenters. The fraction of sp³-hybridized carbons (Fsp3) is 0.316. The van der Waals surface area contributed by atoms with Gasteiger partial charge in [-0.2, -0.15) is 0 Å². The van der Waals surface area contributed by atoms with Crippen LogP contribution in [0, 0.1) is 13.8 Å². The first-order chi connectivity index (χ1) is 12.0. The number of hydrogen-bond donors (Lipinski definition) is 3. The number of nitrogens with zero attached hydrogens (tertiary/aromatic N) is 3. The Morgan fingerprint density at radius 3 is 2.72 bits per heavy atom. The summed E-state index contributed by atoms with van der Waals surface area (Å²) < 4.78 is 0.